The van der Waals surface area contributed by atoms with E-state index in [0.29, 0.717) is 11.9 Å². The van der Waals surface area contributed by atoms with Gasteiger partial charge in [-0.05, 0) is 12.8 Å². The zero-order valence-electron chi connectivity index (χ0n) is 9.28. The number of amides is 1. The summed E-state index contributed by atoms with van der Waals surface area (Å²) in [6.45, 7) is 0. The summed E-state index contributed by atoms with van der Waals surface area (Å²) in [6, 6.07) is 0.335. The molecule has 6 nitrogen and oxygen atoms in total. The smallest absolute Gasteiger partial charge is 0.228 e. The third-order valence-corrected chi connectivity index (χ3v) is 2.93. The Morgan fingerprint density at radius 3 is 2.69 bits per heavy atom. The van der Waals surface area contributed by atoms with Gasteiger partial charge in [0, 0.05) is 6.04 Å². The van der Waals surface area contributed by atoms with Gasteiger partial charge < -0.3 is 5.32 Å². The summed E-state index contributed by atoms with van der Waals surface area (Å²) in [4.78, 5) is 11.7. The first-order valence-corrected chi connectivity index (χ1v) is 5.86. The third-order valence-electron chi connectivity index (χ3n) is 2.93. The number of carbonyl (C=O) groups is 1. The number of rotatable bonds is 3. The van der Waals surface area contributed by atoms with Crippen LogP contribution in [-0.4, -0.2) is 32.6 Å². The third kappa shape index (κ3) is 3.29. The van der Waals surface area contributed by atoms with E-state index < -0.39 is 0 Å². The number of aromatic nitrogens is 4. The van der Waals surface area contributed by atoms with E-state index in [2.05, 4.69) is 25.9 Å². The molecule has 1 aliphatic rings. The number of hydrogen-bond acceptors (Lipinski definition) is 4. The molecule has 6 heteroatoms. The summed E-state index contributed by atoms with van der Waals surface area (Å²) < 4.78 is 0. The standard InChI is InChI=1S/C10H17N5O/c16-10(7-9-12-14-15-13-9)11-8-5-3-1-2-4-6-8/h8H,1-7H2,(H,11,16)(H,12,13,14,15). The van der Waals surface area contributed by atoms with Crippen LogP contribution in [0.2, 0.25) is 0 Å². The first-order chi connectivity index (χ1) is 7.84. The minimum Gasteiger partial charge on any atom is -0.353 e. The van der Waals surface area contributed by atoms with Crippen LogP contribution < -0.4 is 5.32 Å². The lowest BCUT2D eigenvalue weighted by molar-refractivity contribution is -0.121. The molecule has 1 heterocycles. The van der Waals surface area contributed by atoms with Gasteiger partial charge >= 0.3 is 0 Å². The molecule has 0 bridgehead atoms. The number of H-pyrrole nitrogens is 1. The van der Waals surface area contributed by atoms with Crippen LogP contribution in [0.1, 0.15) is 44.3 Å². The van der Waals surface area contributed by atoms with Crippen molar-refractivity contribution in [2.45, 2.75) is 51.0 Å². The van der Waals surface area contributed by atoms with Gasteiger partial charge in [0.05, 0.1) is 6.42 Å². The molecule has 1 aliphatic carbocycles. The molecule has 0 atom stereocenters. The van der Waals surface area contributed by atoms with E-state index in [1.165, 1.54) is 25.7 Å². The Hall–Kier alpha value is -1.46. The van der Waals surface area contributed by atoms with Crippen LogP contribution in [0, 0.1) is 0 Å². The number of nitrogens with one attached hydrogen (secondary N) is 2. The Kier molecular flexibility index (Phi) is 3.85. The van der Waals surface area contributed by atoms with Crippen molar-refractivity contribution in [3.05, 3.63) is 5.82 Å². The molecule has 0 aromatic carbocycles. The molecule has 1 aromatic rings. The summed E-state index contributed by atoms with van der Waals surface area (Å²) in [5.74, 6) is 0.444. The van der Waals surface area contributed by atoms with Gasteiger partial charge in [-0.1, -0.05) is 30.9 Å². The molecular weight excluding hydrogens is 206 g/mol. The van der Waals surface area contributed by atoms with Crippen molar-refractivity contribution in [3.63, 3.8) is 0 Å². The summed E-state index contributed by atoms with van der Waals surface area (Å²) in [6.07, 6.45) is 7.41. The van der Waals surface area contributed by atoms with Crippen molar-refractivity contribution < 1.29 is 4.79 Å². The topological polar surface area (TPSA) is 83.6 Å². The highest BCUT2D eigenvalue weighted by Gasteiger charge is 2.15. The van der Waals surface area contributed by atoms with E-state index >= 15 is 0 Å². The highest BCUT2D eigenvalue weighted by molar-refractivity contribution is 5.77. The fraction of sp³-hybridized carbons (Fsp3) is 0.800. The Balaban J connectivity index is 1.77. The molecule has 1 amide bonds. The van der Waals surface area contributed by atoms with Crippen LogP contribution in [0.25, 0.3) is 0 Å². The Morgan fingerprint density at radius 1 is 1.31 bits per heavy atom. The fourth-order valence-corrected chi connectivity index (χ4v) is 2.10. The molecule has 0 unspecified atom stereocenters. The molecule has 0 spiro atoms. The largest absolute Gasteiger partial charge is 0.353 e. The molecular formula is C10H17N5O. The average molecular weight is 223 g/mol. The normalized spacial score (nSPS) is 18.0. The first-order valence-electron chi connectivity index (χ1n) is 5.86. The van der Waals surface area contributed by atoms with Crippen molar-refractivity contribution >= 4 is 5.91 Å². The molecule has 0 saturated heterocycles. The molecule has 2 N–H and O–H groups in total. The lowest BCUT2D eigenvalue weighted by atomic mass is 10.1. The predicted molar refractivity (Wildman–Crippen MR) is 57.5 cm³/mol. The Morgan fingerprint density at radius 2 is 2.06 bits per heavy atom. The van der Waals surface area contributed by atoms with E-state index in [1.807, 2.05) is 0 Å². The maximum atomic E-state index is 11.7. The van der Waals surface area contributed by atoms with Crippen LogP contribution in [0.15, 0.2) is 0 Å². The first kappa shape index (κ1) is 11.0. The van der Waals surface area contributed by atoms with Gasteiger partial charge in [0.2, 0.25) is 5.91 Å². The molecule has 0 aliphatic heterocycles. The maximum Gasteiger partial charge on any atom is 0.228 e. The highest BCUT2D eigenvalue weighted by Crippen LogP contribution is 2.17. The van der Waals surface area contributed by atoms with Crippen molar-refractivity contribution in [1.29, 1.82) is 0 Å². The van der Waals surface area contributed by atoms with E-state index in [9.17, 15) is 4.79 Å². The van der Waals surface area contributed by atoms with Crippen LogP contribution in [0.4, 0.5) is 0 Å². The summed E-state index contributed by atoms with van der Waals surface area (Å²) in [7, 11) is 0. The van der Waals surface area contributed by atoms with Gasteiger partial charge in [-0.3, -0.25) is 4.79 Å². The van der Waals surface area contributed by atoms with Crippen LogP contribution in [0.3, 0.4) is 0 Å². The van der Waals surface area contributed by atoms with Gasteiger partial charge in [0.15, 0.2) is 5.82 Å². The molecule has 1 saturated carbocycles. The Labute approximate surface area is 94.2 Å². The molecule has 0 radical (unpaired) electrons. The fourth-order valence-electron chi connectivity index (χ4n) is 2.10. The van der Waals surface area contributed by atoms with Gasteiger partial charge in [-0.2, -0.15) is 5.21 Å². The average Bonchev–Trinajstić information content (AvgIpc) is 2.62. The molecule has 1 aromatic heterocycles. The van der Waals surface area contributed by atoms with E-state index in [-0.39, 0.29) is 12.3 Å². The van der Waals surface area contributed by atoms with Crippen LogP contribution >= 0.6 is 0 Å². The number of tetrazole rings is 1. The Bertz CT molecular complexity index is 316. The SMILES string of the molecule is O=C(Cc1nn[nH]n1)NC1CCCCCC1. The maximum absolute atomic E-state index is 11.7. The second-order valence-corrected chi connectivity index (χ2v) is 4.26. The number of carbonyl (C=O) groups excluding carboxylic acids is 1. The number of aromatic amines is 1. The second-order valence-electron chi connectivity index (χ2n) is 4.26. The van der Waals surface area contributed by atoms with Crippen LogP contribution in [0.5, 0.6) is 0 Å². The quantitative estimate of drug-likeness (QED) is 0.734. The van der Waals surface area contributed by atoms with E-state index in [4.69, 9.17) is 0 Å². The van der Waals surface area contributed by atoms with Gasteiger partial charge in [-0.25, -0.2) is 0 Å². The zero-order valence-corrected chi connectivity index (χ0v) is 9.28. The molecule has 1 fully saturated rings. The molecule has 2 rings (SSSR count). The molecule has 88 valence electrons. The van der Waals surface area contributed by atoms with E-state index in [1.54, 1.807) is 0 Å². The number of nitrogens with zero attached hydrogens (tertiary/aromatic N) is 3. The monoisotopic (exact) mass is 223 g/mol. The van der Waals surface area contributed by atoms with Crippen molar-refractivity contribution in [1.82, 2.24) is 25.9 Å². The van der Waals surface area contributed by atoms with Crippen molar-refractivity contribution in [3.8, 4) is 0 Å². The summed E-state index contributed by atoms with van der Waals surface area (Å²) in [5.41, 5.74) is 0. The van der Waals surface area contributed by atoms with E-state index in [0.717, 1.165) is 12.8 Å². The lowest BCUT2D eigenvalue weighted by Gasteiger charge is -2.15. The van der Waals surface area contributed by atoms with Crippen molar-refractivity contribution in [2.24, 2.45) is 0 Å². The van der Waals surface area contributed by atoms with Crippen LogP contribution in [-0.2, 0) is 11.2 Å². The number of hydrogen-bond donors (Lipinski definition) is 2. The van der Waals surface area contributed by atoms with Gasteiger partial charge in [-0.15, -0.1) is 10.2 Å². The van der Waals surface area contributed by atoms with Gasteiger partial charge in [0.1, 0.15) is 0 Å². The second kappa shape index (κ2) is 5.58. The minimum absolute atomic E-state index is 0.00620. The minimum atomic E-state index is -0.00620. The lowest BCUT2D eigenvalue weighted by Crippen LogP contribution is -2.35. The van der Waals surface area contributed by atoms with Crippen molar-refractivity contribution in [2.75, 3.05) is 0 Å². The molecule has 16 heavy (non-hydrogen) atoms. The highest BCUT2D eigenvalue weighted by atomic mass is 16.1. The predicted octanol–water partition coefficient (Wildman–Crippen LogP) is 0.581. The van der Waals surface area contributed by atoms with Gasteiger partial charge in [0.25, 0.3) is 0 Å². The zero-order chi connectivity index (χ0) is 11.2. The summed E-state index contributed by atoms with van der Waals surface area (Å²) in [5, 5.41) is 16.3. The summed E-state index contributed by atoms with van der Waals surface area (Å²) >= 11 is 0.